The second kappa shape index (κ2) is 6.51. The third kappa shape index (κ3) is 3.37. The summed E-state index contributed by atoms with van der Waals surface area (Å²) < 4.78 is 24.4. The highest BCUT2D eigenvalue weighted by Crippen LogP contribution is 2.28. The van der Waals surface area contributed by atoms with Crippen LogP contribution in [0.4, 0.5) is 4.79 Å². The van der Waals surface area contributed by atoms with Gasteiger partial charge in [-0.1, -0.05) is 0 Å². The van der Waals surface area contributed by atoms with Crippen molar-refractivity contribution in [3.8, 4) is 0 Å². The molecule has 9 heteroatoms. The summed E-state index contributed by atoms with van der Waals surface area (Å²) in [5, 5.41) is 0. The lowest BCUT2D eigenvalue weighted by molar-refractivity contribution is -0.137. The van der Waals surface area contributed by atoms with Crippen LogP contribution in [0, 0.1) is 0 Å². The molecule has 3 aliphatic rings. The van der Waals surface area contributed by atoms with Gasteiger partial charge in [-0.05, 0) is 26.9 Å². The first-order valence-corrected chi connectivity index (χ1v) is 10.3. The zero-order valence-electron chi connectivity index (χ0n) is 14.3. The number of sulfone groups is 1. The topological polar surface area (TPSA) is 81.2 Å². The summed E-state index contributed by atoms with van der Waals surface area (Å²) in [4.78, 5) is 32.2. The second-order valence-electron chi connectivity index (χ2n) is 7.21. The van der Waals surface area contributed by atoms with Crippen molar-refractivity contribution in [3.05, 3.63) is 0 Å². The number of hydrogen-bond donors (Lipinski definition) is 0. The molecular formula is C15H26N4O4S. The zero-order valence-corrected chi connectivity index (χ0v) is 15.2. The maximum absolute atomic E-state index is 12.8. The summed E-state index contributed by atoms with van der Waals surface area (Å²) in [6.07, 6.45) is 2.00. The van der Waals surface area contributed by atoms with Crippen LogP contribution in [0.2, 0.25) is 0 Å². The van der Waals surface area contributed by atoms with E-state index in [2.05, 4.69) is 0 Å². The smallest absolute Gasteiger partial charge is 0.320 e. The Morgan fingerprint density at radius 1 is 0.958 bits per heavy atom. The van der Waals surface area contributed by atoms with Gasteiger partial charge in [0.05, 0.1) is 30.1 Å². The standard InChI is InChI=1S/C15H26N4O4S/c1-16(2)9-14(20)18-7-8-19(15(21)17-5-3-4-6-17)13-11-24(22,23)10-12(13)18/h12-13H,3-11H2,1-2H3/t12-,13+/m0/s1. The average Bonchev–Trinajstić information content (AvgIpc) is 3.10. The van der Waals surface area contributed by atoms with Crippen molar-refractivity contribution in [1.82, 2.24) is 19.6 Å². The average molecular weight is 358 g/mol. The number of likely N-dealkylation sites (tertiary alicyclic amines) is 1. The second-order valence-corrected chi connectivity index (χ2v) is 9.36. The fourth-order valence-electron chi connectivity index (χ4n) is 3.95. The van der Waals surface area contributed by atoms with Gasteiger partial charge in [0.2, 0.25) is 5.91 Å². The van der Waals surface area contributed by atoms with E-state index in [1.54, 1.807) is 19.6 Å². The number of piperazine rings is 1. The Kier molecular flexibility index (Phi) is 4.74. The Labute approximate surface area is 143 Å². The molecule has 3 fully saturated rings. The van der Waals surface area contributed by atoms with Gasteiger partial charge >= 0.3 is 6.03 Å². The van der Waals surface area contributed by atoms with E-state index in [4.69, 9.17) is 0 Å². The molecule has 3 saturated heterocycles. The van der Waals surface area contributed by atoms with E-state index in [-0.39, 0.29) is 30.0 Å². The summed E-state index contributed by atoms with van der Waals surface area (Å²) in [6.45, 7) is 2.54. The van der Waals surface area contributed by atoms with Gasteiger partial charge in [-0.2, -0.15) is 0 Å². The SMILES string of the molecule is CN(C)CC(=O)N1CCN(C(=O)N2CCCC2)[C@@H]2CS(=O)(=O)C[C@@H]21. The number of urea groups is 1. The third-order valence-corrected chi connectivity index (χ3v) is 6.77. The van der Waals surface area contributed by atoms with Gasteiger partial charge in [0.25, 0.3) is 0 Å². The maximum atomic E-state index is 12.8. The van der Waals surface area contributed by atoms with Crippen LogP contribution >= 0.6 is 0 Å². The van der Waals surface area contributed by atoms with Crippen molar-refractivity contribution in [2.75, 3.05) is 58.3 Å². The third-order valence-electron chi connectivity index (χ3n) is 5.07. The molecule has 136 valence electrons. The molecule has 3 rings (SSSR count). The Hall–Kier alpha value is -1.35. The molecule has 0 radical (unpaired) electrons. The molecule has 2 atom stereocenters. The first-order chi connectivity index (χ1) is 11.3. The molecule has 8 nitrogen and oxygen atoms in total. The molecule has 24 heavy (non-hydrogen) atoms. The molecule has 0 aliphatic carbocycles. The van der Waals surface area contributed by atoms with E-state index in [0.29, 0.717) is 13.1 Å². The molecule has 0 aromatic carbocycles. The van der Waals surface area contributed by atoms with E-state index < -0.39 is 21.9 Å². The minimum absolute atomic E-state index is 0.0387. The number of hydrogen-bond acceptors (Lipinski definition) is 5. The number of amides is 3. The molecule has 0 unspecified atom stereocenters. The first-order valence-electron chi connectivity index (χ1n) is 8.49. The normalized spacial score (nSPS) is 29.2. The highest BCUT2D eigenvalue weighted by atomic mass is 32.2. The largest absolute Gasteiger partial charge is 0.334 e. The summed E-state index contributed by atoms with van der Waals surface area (Å²) in [6, 6.07) is -0.898. The number of nitrogens with zero attached hydrogens (tertiary/aromatic N) is 4. The first kappa shape index (κ1) is 17.5. The Morgan fingerprint density at radius 2 is 1.50 bits per heavy atom. The molecule has 0 aromatic rings. The Balaban J connectivity index is 1.79. The number of rotatable bonds is 2. The molecule has 0 bridgehead atoms. The van der Waals surface area contributed by atoms with Crippen LogP contribution in [0.5, 0.6) is 0 Å². The van der Waals surface area contributed by atoms with Gasteiger partial charge < -0.3 is 19.6 Å². The van der Waals surface area contributed by atoms with Crippen molar-refractivity contribution < 1.29 is 18.0 Å². The maximum Gasteiger partial charge on any atom is 0.320 e. The van der Waals surface area contributed by atoms with Crippen LogP contribution in [0.15, 0.2) is 0 Å². The summed E-state index contributed by atoms with van der Waals surface area (Å²) in [5.74, 6) is -0.149. The number of likely N-dealkylation sites (N-methyl/N-ethyl adjacent to an activating group) is 1. The minimum atomic E-state index is -3.23. The fraction of sp³-hybridized carbons (Fsp3) is 0.867. The van der Waals surface area contributed by atoms with Crippen LogP contribution < -0.4 is 0 Å². The summed E-state index contributed by atoms with van der Waals surface area (Å²) >= 11 is 0. The quantitative estimate of drug-likeness (QED) is 0.637. The van der Waals surface area contributed by atoms with Gasteiger partial charge in [-0.3, -0.25) is 4.79 Å². The molecule has 3 heterocycles. The van der Waals surface area contributed by atoms with Crippen LogP contribution in [-0.4, -0.2) is 110 Å². The van der Waals surface area contributed by atoms with Crippen LogP contribution in [-0.2, 0) is 14.6 Å². The summed E-state index contributed by atoms with van der Waals surface area (Å²) in [7, 11) is 0.393. The zero-order chi connectivity index (χ0) is 17.5. The molecule has 0 spiro atoms. The molecule has 0 aromatic heterocycles. The lowest BCUT2D eigenvalue weighted by Crippen LogP contribution is -2.64. The van der Waals surface area contributed by atoms with E-state index in [0.717, 1.165) is 25.9 Å². The van der Waals surface area contributed by atoms with Crippen molar-refractivity contribution in [2.45, 2.75) is 24.9 Å². The monoisotopic (exact) mass is 358 g/mol. The molecular weight excluding hydrogens is 332 g/mol. The predicted octanol–water partition coefficient (Wildman–Crippen LogP) is -0.926. The van der Waals surface area contributed by atoms with E-state index in [1.165, 1.54) is 0 Å². The minimum Gasteiger partial charge on any atom is -0.334 e. The molecule has 0 saturated carbocycles. The van der Waals surface area contributed by atoms with Crippen molar-refractivity contribution >= 4 is 21.8 Å². The van der Waals surface area contributed by atoms with Gasteiger partial charge in [-0.25, -0.2) is 13.2 Å². The van der Waals surface area contributed by atoms with E-state index >= 15 is 0 Å². The van der Waals surface area contributed by atoms with Gasteiger partial charge in [0, 0.05) is 26.2 Å². The van der Waals surface area contributed by atoms with E-state index in [1.807, 2.05) is 14.1 Å². The number of carbonyl (C=O) groups is 2. The summed E-state index contributed by atoms with van der Waals surface area (Å²) in [5.41, 5.74) is 0. The number of fused-ring (bicyclic) bond motifs is 1. The highest BCUT2D eigenvalue weighted by Gasteiger charge is 2.50. The number of carbonyl (C=O) groups excluding carboxylic acids is 2. The Bertz CT molecular complexity index is 615. The van der Waals surface area contributed by atoms with Crippen molar-refractivity contribution in [3.63, 3.8) is 0 Å². The van der Waals surface area contributed by atoms with Crippen LogP contribution in [0.3, 0.4) is 0 Å². The van der Waals surface area contributed by atoms with Crippen molar-refractivity contribution in [1.29, 1.82) is 0 Å². The van der Waals surface area contributed by atoms with Crippen molar-refractivity contribution in [2.24, 2.45) is 0 Å². The lowest BCUT2D eigenvalue weighted by Gasteiger charge is -2.45. The van der Waals surface area contributed by atoms with Crippen LogP contribution in [0.25, 0.3) is 0 Å². The fourth-order valence-corrected chi connectivity index (χ4v) is 5.93. The Morgan fingerprint density at radius 3 is 2.08 bits per heavy atom. The van der Waals surface area contributed by atoms with E-state index in [9.17, 15) is 18.0 Å². The van der Waals surface area contributed by atoms with Crippen LogP contribution in [0.1, 0.15) is 12.8 Å². The predicted molar refractivity (Wildman–Crippen MR) is 89.4 cm³/mol. The highest BCUT2D eigenvalue weighted by molar-refractivity contribution is 7.91. The molecule has 0 N–H and O–H groups in total. The van der Waals surface area contributed by atoms with Gasteiger partial charge in [-0.15, -0.1) is 0 Å². The van der Waals surface area contributed by atoms with Gasteiger partial charge in [0.1, 0.15) is 0 Å². The van der Waals surface area contributed by atoms with Gasteiger partial charge in [0.15, 0.2) is 9.84 Å². The lowest BCUT2D eigenvalue weighted by atomic mass is 10.0. The molecule has 3 amide bonds. The molecule has 3 aliphatic heterocycles.